The smallest absolute Gasteiger partial charge is 0.207 e. The van der Waals surface area contributed by atoms with Gasteiger partial charge in [-0.2, -0.15) is 0 Å². The third-order valence-corrected chi connectivity index (χ3v) is 2.39. The lowest BCUT2D eigenvalue weighted by Crippen LogP contribution is -2.25. The number of rotatable bonds is 4. The standard InChI is InChI=1S/C11H15ClN2O/c1-7(2)11(13-6-15)10-5-9(12)4-8(3)14-10/h4-7,11H,1-3H3,(H,13,15). The van der Waals surface area contributed by atoms with Crippen LogP contribution in [0.2, 0.25) is 5.02 Å². The second-order valence-electron chi connectivity index (χ2n) is 3.86. The van der Waals surface area contributed by atoms with Crippen molar-refractivity contribution >= 4 is 18.0 Å². The zero-order chi connectivity index (χ0) is 11.4. The monoisotopic (exact) mass is 226 g/mol. The molecule has 0 saturated carbocycles. The van der Waals surface area contributed by atoms with E-state index >= 15 is 0 Å². The molecule has 1 atom stereocenters. The first kappa shape index (κ1) is 12.0. The topological polar surface area (TPSA) is 42.0 Å². The van der Waals surface area contributed by atoms with Crippen LogP contribution in [-0.4, -0.2) is 11.4 Å². The van der Waals surface area contributed by atoms with E-state index in [9.17, 15) is 4.79 Å². The maximum Gasteiger partial charge on any atom is 0.207 e. The molecule has 3 nitrogen and oxygen atoms in total. The van der Waals surface area contributed by atoms with E-state index in [1.807, 2.05) is 20.8 Å². The molecule has 1 aromatic heterocycles. The molecule has 0 aliphatic carbocycles. The summed E-state index contributed by atoms with van der Waals surface area (Å²) in [5, 5.41) is 3.40. The Hall–Kier alpha value is -1.09. The Morgan fingerprint density at radius 2 is 2.13 bits per heavy atom. The van der Waals surface area contributed by atoms with E-state index < -0.39 is 0 Å². The van der Waals surface area contributed by atoms with E-state index in [0.29, 0.717) is 11.4 Å². The van der Waals surface area contributed by atoms with E-state index in [2.05, 4.69) is 10.3 Å². The number of hydrogen-bond acceptors (Lipinski definition) is 2. The number of carbonyl (C=O) groups is 1. The minimum absolute atomic E-state index is 0.0834. The highest BCUT2D eigenvalue weighted by Gasteiger charge is 2.16. The summed E-state index contributed by atoms with van der Waals surface area (Å²) in [6.07, 6.45) is 0.697. The minimum atomic E-state index is -0.0834. The molecule has 82 valence electrons. The van der Waals surface area contributed by atoms with Gasteiger partial charge in [0.15, 0.2) is 0 Å². The van der Waals surface area contributed by atoms with Crippen LogP contribution < -0.4 is 5.32 Å². The van der Waals surface area contributed by atoms with Gasteiger partial charge in [-0.15, -0.1) is 0 Å². The summed E-state index contributed by atoms with van der Waals surface area (Å²) in [6.45, 7) is 5.94. The highest BCUT2D eigenvalue weighted by atomic mass is 35.5. The van der Waals surface area contributed by atoms with Gasteiger partial charge in [0.2, 0.25) is 6.41 Å². The van der Waals surface area contributed by atoms with Crippen molar-refractivity contribution in [1.82, 2.24) is 10.3 Å². The molecule has 1 heterocycles. The van der Waals surface area contributed by atoms with E-state index in [0.717, 1.165) is 11.4 Å². The highest BCUT2D eigenvalue weighted by molar-refractivity contribution is 6.30. The number of aromatic nitrogens is 1. The van der Waals surface area contributed by atoms with Crippen molar-refractivity contribution in [2.45, 2.75) is 26.8 Å². The molecular formula is C11H15ClN2O. The Balaban J connectivity index is 3.04. The van der Waals surface area contributed by atoms with E-state index in [4.69, 9.17) is 11.6 Å². The number of pyridine rings is 1. The summed E-state index contributed by atoms with van der Waals surface area (Å²) in [5.74, 6) is 0.278. The van der Waals surface area contributed by atoms with Crippen LogP contribution in [0.3, 0.4) is 0 Å². The fourth-order valence-electron chi connectivity index (χ4n) is 1.50. The van der Waals surface area contributed by atoms with Crippen LogP contribution in [0.25, 0.3) is 0 Å². The number of amides is 1. The van der Waals surface area contributed by atoms with E-state index in [-0.39, 0.29) is 12.0 Å². The largest absolute Gasteiger partial charge is 0.350 e. The van der Waals surface area contributed by atoms with Crippen LogP contribution >= 0.6 is 11.6 Å². The fraction of sp³-hybridized carbons (Fsp3) is 0.455. The minimum Gasteiger partial charge on any atom is -0.350 e. The van der Waals surface area contributed by atoms with Crippen molar-refractivity contribution < 1.29 is 4.79 Å². The highest BCUT2D eigenvalue weighted by Crippen LogP contribution is 2.22. The number of halogens is 1. The van der Waals surface area contributed by atoms with E-state index in [1.54, 1.807) is 12.1 Å². The molecule has 0 fully saturated rings. The van der Waals surface area contributed by atoms with Gasteiger partial charge in [-0.25, -0.2) is 0 Å². The number of hydrogen-bond donors (Lipinski definition) is 1. The molecule has 0 radical (unpaired) electrons. The first-order chi connectivity index (χ1) is 7.04. The SMILES string of the molecule is Cc1cc(Cl)cc(C(NC=O)C(C)C)n1. The Labute approximate surface area is 94.9 Å². The summed E-state index contributed by atoms with van der Waals surface area (Å²) < 4.78 is 0. The molecule has 1 N–H and O–H groups in total. The predicted octanol–water partition coefficient (Wildman–Crippen LogP) is 2.49. The molecule has 1 amide bonds. The van der Waals surface area contributed by atoms with Crippen LogP contribution in [0.4, 0.5) is 0 Å². The lowest BCUT2D eigenvalue weighted by Gasteiger charge is -2.19. The van der Waals surface area contributed by atoms with Crippen molar-refractivity contribution in [3.63, 3.8) is 0 Å². The molecule has 1 rings (SSSR count). The zero-order valence-corrected chi connectivity index (χ0v) is 9.88. The van der Waals surface area contributed by atoms with E-state index in [1.165, 1.54) is 0 Å². The molecule has 15 heavy (non-hydrogen) atoms. The third kappa shape index (κ3) is 3.20. The number of carbonyl (C=O) groups excluding carboxylic acids is 1. The second-order valence-corrected chi connectivity index (χ2v) is 4.29. The summed E-state index contributed by atoms with van der Waals surface area (Å²) in [6, 6.07) is 3.50. The summed E-state index contributed by atoms with van der Waals surface area (Å²) in [5.41, 5.74) is 1.66. The molecule has 0 aliphatic heterocycles. The van der Waals surface area contributed by atoms with Gasteiger partial charge in [-0.05, 0) is 25.0 Å². The van der Waals surface area contributed by atoms with Gasteiger partial charge < -0.3 is 5.32 Å². The first-order valence-corrected chi connectivity index (χ1v) is 5.26. The average Bonchev–Trinajstić information content (AvgIpc) is 2.11. The summed E-state index contributed by atoms with van der Waals surface area (Å²) in [7, 11) is 0. The summed E-state index contributed by atoms with van der Waals surface area (Å²) in [4.78, 5) is 14.9. The average molecular weight is 227 g/mol. The quantitative estimate of drug-likeness (QED) is 0.802. The lowest BCUT2D eigenvalue weighted by atomic mass is 10.0. The number of aryl methyl sites for hydroxylation is 1. The second kappa shape index (κ2) is 5.12. The van der Waals surface area contributed by atoms with Crippen molar-refractivity contribution in [3.8, 4) is 0 Å². The first-order valence-electron chi connectivity index (χ1n) is 4.88. The number of nitrogens with zero attached hydrogens (tertiary/aromatic N) is 1. The molecule has 4 heteroatoms. The summed E-state index contributed by atoms with van der Waals surface area (Å²) >= 11 is 5.94. The molecule has 0 saturated heterocycles. The lowest BCUT2D eigenvalue weighted by molar-refractivity contribution is -0.110. The van der Waals surface area contributed by atoms with Gasteiger partial charge in [0.05, 0.1) is 11.7 Å². The molecule has 0 spiro atoms. The van der Waals surface area contributed by atoms with Crippen molar-refractivity contribution in [2.75, 3.05) is 0 Å². The molecule has 1 aromatic rings. The molecule has 0 bridgehead atoms. The van der Waals surface area contributed by atoms with Gasteiger partial charge in [-0.1, -0.05) is 25.4 Å². The van der Waals surface area contributed by atoms with Gasteiger partial charge in [-0.3, -0.25) is 9.78 Å². The normalized spacial score (nSPS) is 12.6. The Bertz CT molecular complexity index is 332. The molecule has 0 aliphatic rings. The number of nitrogens with one attached hydrogen (secondary N) is 1. The Morgan fingerprint density at radius 1 is 1.47 bits per heavy atom. The predicted molar refractivity (Wildman–Crippen MR) is 60.8 cm³/mol. The van der Waals surface area contributed by atoms with Crippen molar-refractivity contribution in [1.29, 1.82) is 0 Å². The van der Waals surface area contributed by atoms with Crippen molar-refractivity contribution in [3.05, 3.63) is 28.5 Å². The maximum atomic E-state index is 10.5. The maximum absolute atomic E-state index is 10.5. The Kier molecular flexibility index (Phi) is 4.09. The molecular weight excluding hydrogens is 212 g/mol. The molecule has 1 unspecified atom stereocenters. The Morgan fingerprint density at radius 3 is 2.60 bits per heavy atom. The van der Waals surface area contributed by atoms with Crippen molar-refractivity contribution in [2.24, 2.45) is 5.92 Å². The zero-order valence-electron chi connectivity index (χ0n) is 9.12. The van der Waals surface area contributed by atoms with Crippen LogP contribution in [0.15, 0.2) is 12.1 Å². The van der Waals surface area contributed by atoms with Crippen LogP contribution in [0.5, 0.6) is 0 Å². The van der Waals surface area contributed by atoms with Gasteiger partial charge >= 0.3 is 0 Å². The van der Waals surface area contributed by atoms with Crippen LogP contribution in [0, 0.1) is 12.8 Å². The van der Waals surface area contributed by atoms with Crippen LogP contribution in [-0.2, 0) is 4.79 Å². The van der Waals surface area contributed by atoms with Gasteiger partial charge in [0.25, 0.3) is 0 Å². The van der Waals surface area contributed by atoms with Crippen LogP contribution in [0.1, 0.15) is 31.3 Å². The third-order valence-electron chi connectivity index (χ3n) is 2.17. The van der Waals surface area contributed by atoms with Gasteiger partial charge in [0.1, 0.15) is 0 Å². The van der Waals surface area contributed by atoms with Gasteiger partial charge in [0, 0.05) is 10.7 Å². The molecule has 0 aromatic carbocycles. The fourth-order valence-corrected chi connectivity index (χ4v) is 1.77.